The molecule has 0 spiro atoms. The molecule has 1 aliphatic heterocycles. The van der Waals surface area contributed by atoms with Gasteiger partial charge < -0.3 is 14.2 Å². The van der Waals surface area contributed by atoms with Crippen molar-refractivity contribution < 1.29 is 32.2 Å². The summed E-state index contributed by atoms with van der Waals surface area (Å²) in [6.45, 7) is 2.10. The number of aryl methyl sites for hydroxylation is 1. The first-order chi connectivity index (χ1) is 16.0. The van der Waals surface area contributed by atoms with Crippen molar-refractivity contribution in [2.75, 3.05) is 26.2 Å². The molecule has 12 heteroatoms. The van der Waals surface area contributed by atoms with E-state index in [9.17, 15) is 18.0 Å². The van der Waals surface area contributed by atoms with Crippen LogP contribution in [0.25, 0.3) is 11.3 Å². The maximum absolute atomic E-state index is 13.4. The van der Waals surface area contributed by atoms with Crippen molar-refractivity contribution in [1.29, 1.82) is 0 Å². The van der Waals surface area contributed by atoms with Crippen LogP contribution in [-0.4, -0.2) is 53.2 Å². The van der Waals surface area contributed by atoms with E-state index in [1.807, 2.05) is 0 Å². The SMILES string of the molecule is COc1cc(-c2cc(C)c3c(n2)[C@](C)(OC)N(c2cnn(CC(F)(F)F)c2)C3=O)cnc1OC. The van der Waals surface area contributed by atoms with Crippen LogP contribution in [0.15, 0.2) is 30.7 Å². The van der Waals surface area contributed by atoms with Gasteiger partial charge in [-0.1, -0.05) is 0 Å². The first-order valence-electron chi connectivity index (χ1n) is 10.1. The van der Waals surface area contributed by atoms with Gasteiger partial charge in [-0.3, -0.25) is 14.4 Å². The second-order valence-corrected chi connectivity index (χ2v) is 7.82. The first kappa shape index (κ1) is 23.5. The van der Waals surface area contributed by atoms with Crippen molar-refractivity contribution in [3.8, 4) is 22.9 Å². The first-order valence-corrected chi connectivity index (χ1v) is 10.1. The van der Waals surface area contributed by atoms with Gasteiger partial charge in [-0.2, -0.15) is 18.3 Å². The minimum absolute atomic E-state index is 0.158. The Bertz CT molecular complexity index is 1260. The zero-order valence-electron chi connectivity index (χ0n) is 19.1. The smallest absolute Gasteiger partial charge is 0.408 e. The number of anilines is 1. The number of pyridine rings is 2. The van der Waals surface area contributed by atoms with Crippen molar-refractivity contribution in [3.63, 3.8) is 0 Å². The standard InChI is InChI=1S/C22H22F3N5O4/c1-12-6-15(13-7-16(32-3)19(33-4)26-8-13)28-18-17(12)20(31)30(21(18,2)34-5)14-9-27-29(10-14)11-22(23,24)25/h6-10H,11H2,1-5H3/t21-/m0/s1. The summed E-state index contributed by atoms with van der Waals surface area (Å²) in [5, 5.41) is 3.76. The fourth-order valence-corrected chi connectivity index (χ4v) is 4.00. The van der Waals surface area contributed by atoms with Crippen molar-refractivity contribution in [2.24, 2.45) is 0 Å². The van der Waals surface area contributed by atoms with Gasteiger partial charge in [0.2, 0.25) is 0 Å². The lowest BCUT2D eigenvalue weighted by Gasteiger charge is -2.32. The van der Waals surface area contributed by atoms with Gasteiger partial charge in [0.25, 0.3) is 11.8 Å². The summed E-state index contributed by atoms with van der Waals surface area (Å²) in [4.78, 5) is 23.6. The summed E-state index contributed by atoms with van der Waals surface area (Å²) >= 11 is 0. The molecule has 0 saturated heterocycles. The largest absolute Gasteiger partial charge is 0.491 e. The number of amides is 1. The second kappa shape index (κ2) is 8.28. The predicted molar refractivity (Wildman–Crippen MR) is 115 cm³/mol. The van der Waals surface area contributed by atoms with E-state index in [1.54, 1.807) is 32.2 Å². The van der Waals surface area contributed by atoms with Gasteiger partial charge in [0, 0.05) is 25.1 Å². The average Bonchev–Trinajstić information content (AvgIpc) is 3.31. The third kappa shape index (κ3) is 3.83. The molecule has 1 amide bonds. The molecule has 0 saturated carbocycles. The highest BCUT2D eigenvalue weighted by atomic mass is 19.4. The molecule has 4 heterocycles. The van der Waals surface area contributed by atoms with Crippen LogP contribution in [-0.2, 0) is 17.0 Å². The van der Waals surface area contributed by atoms with E-state index in [2.05, 4.69) is 10.1 Å². The van der Waals surface area contributed by atoms with Gasteiger partial charge in [0.05, 0.1) is 37.4 Å². The highest BCUT2D eigenvalue weighted by Crippen LogP contribution is 2.44. The molecule has 0 aromatic carbocycles. The third-order valence-electron chi connectivity index (χ3n) is 5.64. The van der Waals surface area contributed by atoms with Crippen LogP contribution in [0.2, 0.25) is 0 Å². The van der Waals surface area contributed by atoms with Crippen LogP contribution in [0, 0.1) is 6.92 Å². The molecule has 0 radical (unpaired) electrons. The molecular weight excluding hydrogens is 455 g/mol. The number of alkyl halides is 3. The van der Waals surface area contributed by atoms with Crippen LogP contribution in [0.3, 0.4) is 0 Å². The summed E-state index contributed by atoms with van der Waals surface area (Å²) in [7, 11) is 4.36. The number of methoxy groups -OCH3 is 3. The Morgan fingerprint density at radius 3 is 2.47 bits per heavy atom. The van der Waals surface area contributed by atoms with Gasteiger partial charge in [-0.05, 0) is 31.5 Å². The van der Waals surface area contributed by atoms with E-state index in [-0.39, 0.29) is 5.69 Å². The molecule has 3 aromatic heterocycles. The van der Waals surface area contributed by atoms with Gasteiger partial charge in [-0.25, -0.2) is 9.97 Å². The molecule has 1 atom stereocenters. The molecule has 0 N–H and O–H groups in total. The van der Waals surface area contributed by atoms with Gasteiger partial charge in [0.15, 0.2) is 11.5 Å². The van der Waals surface area contributed by atoms with Crippen LogP contribution >= 0.6 is 0 Å². The monoisotopic (exact) mass is 477 g/mol. The summed E-state index contributed by atoms with van der Waals surface area (Å²) in [5.74, 6) is 0.264. The fraction of sp³-hybridized carbons (Fsp3) is 0.364. The van der Waals surface area contributed by atoms with Crippen molar-refractivity contribution in [3.05, 3.63) is 47.5 Å². The van der Waals surface area contributed by atoms with E-state index in [1.165, 1.54) is 32.4 Å². The topological polar surface area (TPSA) is 91.6 Å². The third-order valence-corrected chi connectivity index (χ3v) is 5.64. The van der Waals surface area contributed by atoms with Gasteiger partial charge in [-0.15, -0.1) is 0 Å². The highest BCUT2D eigenvalue weighted by molar-refractivity contribution is 6.12. The number of halogens is 3. The Labute approximate surface area is 193 Å². The molecule has 34 heavy (non-hydrogen) atoms. The average molecular weight is 477 g/mol. The van der Waals surface area contributed by atoms with Crippen LogP contribution in [0.5, 0.6) is 11.6 Å². The number of ether oxygens (including phenoxy) is 3. The highest BCUT2D eigenvalue weighted by Gasteiger charge is 2.50. The zero-order valence-corrected chi connectivity index (χ0v) is 19.1. The molecule has 0 bridgehead atoms. The zero-order chi connectivity index (χ0) is 24.8. The molecule has 180 valence electrons. The summed E-state index contributed by atoms with van der Waals surface area (Å²) in [6, 6.07) is 3.44. The van der Waals surface area contributed by atoms with Crippen LogP contribution < -0.4 is 14.4 Å². The second-order valence-electron chi connectivity index (χ2n) is 7.82. The number of nitrogens with zero attached hydrogens (tertiary/aromatic N) is 5. The van der Waals surface area contributed by atoms with E-state index in [0.29, 0.717) is 39.7 Å². The lowest BCUT2D eigenvalue weighted by Crippen LogP contribution is -2.43. The quantitative estimate of drug-likeness (QED) is 0.535. The van der Waals surface area contributed by atoms with Crippen molar-refractivity contribution in [2.45, 2.75) is 32.3 Å². The number of aromatic nitrogens is 4. The Morgan fingerprint density at radius 1 is 1.12 bits per heavy atom. The summed E-state index contributed by atoms with van der Waals surface area (Å²) < 4.78 is 55.3. The summed E-state index contributed by atoms with van der Waals surface area (Å²) in [5.41, 5.74) is 1.15. The molecule has 4 rings (SSSR count). The number of hydrogen-bond acceptors (Lipinski definition) is 7. The number of hydrogen-bond donors (Lipinski definition) is 0. The Hall–Kier alpha value is -3.67. The van der Waals surface area contributed by atoms with E-state index in [4.69, 9.17) is 19.2 Å². The molecule has 0 aliphatic carbocycles. The van der Waals surface area contributed by atoms with Crippen LogP contribution in [0.1, 0.15) is 28.5 Å². The Kier molecular flexibility index (Phi) is 5.72. The molecular formula is C22H22F3N5O4. The Morgan fingerprint density at radius 2 is 1.85 bits per heavy atom. The maximum Gasteiger partial charge on any atom is 0.408 e. The number of rotatable bonds is 6. The minimum atomic E-state index is -4.45. The minimum Gasteiger partial charge on any atom is -0.491 e. The fourth-order valence-electron chi connectivity index (χ4n) is 4.00. The normalized spacial score (nSPS) is 17.8. The van der Waals surface area contributed by atoms with E-state index < -0.39 is 24.4 Å². The van der Waals surface area contributed by atoms with Crippen LogP contribution in [0.4, 0.5) is 18.9 Å². The lowest BCUT2D eigenvalue weighted by atomic mass is 10.0. The number of carbonyl (C=O) groups is 1. The number of fused-ring (bicyclic) bond motifs is 1. The lowest BCUT2D eigenvalue weighted by molar-refractivity contribution is -0.142. The molecule has 1 aliphatic rings. The van der Waals surface area contributed by atoms with Gasteiger partial charge in [0.1, 0.15) is 12.2 Å². The predicted octanol–water partition coefficient (Wildman–Crippen LogP) is 3.71. The van der Waals surface area contributed by atoms with Crippen molar-refractivity contribution in [1.82, 2.24) is 19.7 Å². The maximum atomic E-state index is 13.4. The van der Waals surface area contributed by atoms with E-state index in [0.717, 1.165) is 10.9 Å². The molecule has 0 fully saturated rings. The number of carbonyl (C=O) groups excluding carboxylic acids is 1. The molecule has 9 nitrogen and oxygen atoms in total. The molecule has 3 aromatic rings. The van der Waals surface area contributed by atoms with Crippen molar-refractivity contribution >= 4 is 11.6 Å². The Balaban J connectivity index is 1.80. The van der Waals surface area contributed by atoms with E-state index >= 15 is 0 Å². The summed E-state index contributed by atoms with van der Waals surface area (Å²) in [6.07, 6.45) is -0.536. The molecule has 0 unspecified atom stereocenters. The van der Waals surface area contributed by atoms with Gasteiger partial charge >= 0.3 is 6.18 Å².